The number of amides is 4. The summed E-state index contributed by atoms with van der Waals surface area (Å²) >= 11 is 0. The van der Waals surface area contributed by atoms with Crippen molar-refractivity contribution >= 4 is 23.8 Å². The fraction of sp³-hybridized carbons (Fsp3) is 0.444. The predicted molar refractivity (Wildman–Crippen MR) is 95.4 cm³/mol. The Hall–Kier alpha value is -2.90. The first-order chi connectivity index (χ1) is 12.0. The van der Waals surface area contributed by atoms with Gasteiger partial charge in [0.25, 0.3) is 11.8 Å². The first kappa shape index (κ1) is 21.1. The second kappa shape index (κ2) is 8.98. The topological polar surface area (TPSA) is 114 Å². The first-order valence-corrected chi connectivity index (χ1v) is 8.19. The van der Waals surface area contributed by atoms with Gasteiger partial charge in [0.2, 0.25) is 0 Å². The van der Waals surface area contributed by atoms with Crippen molar-refractivity contribution in [2.45, 2.75) is 52.3 Å². The lowest BCUT2D eigenvalue weighted by Crippen LogP contribution is -2.51. The Morgan fingerprint density at radius 1 is 1.00 bits per heavy atom. The van der Waals surface area contributed by atoms with Gasteiger partial charge < -0.3 is 15.4 Å². The summed E-state index contributed by atoms with van der Waals surface area (Å²) in [5.41, 5.74) is -0.114. The Labute approximate surface area is 152 Å². The van der Waals surface area contributed by atoms with Crippen LogP contribution in [0.2, 0.25) is 0 Å². The molecule has 142 valence electrons. The number of carbonyl (C=O) groups excluding carboxylic acids is 4. The number of carbonyl (C=O) groups is 4. The zero-order valence-corrected chi connectivity index (χ0v) is 15.6. The highest BCUT2D eigenvalue weighted by molar-refractivity contribution is 5.98. The fourth-order valence-corrected chi connectivity index (χ4v) is 1.84. The molecule has 3 N–H and O–H groups in total. The van der Waals surface area contributed by atoms with Crippen LogP contribution >= 0.6 is 0 Å². The molecule has 0 saturated carbocycles. The Morgan fingerprint density at radius 3 is 2.12 bits per heavy atom. The Morgan fingerprint density at radius 2 is 1.58 bits per heavy atom. The molecule has 0 aliphatic carbocycles. The molecular weight excluding hydrogens is 338 g/mol. The van der Waals surface area contributed by atoms with Crippen LogP contribution in [0.3, 0.4) is 0 Å². The second-order valence-electron chi connectivity index (χ2n) is 6.83. The van der Waals surface area contributed by atoms with Crippen molar-refractivity contribution in [3.8, 4) is 0 Å². The molecule has 2 atom stereocenters. The smallest absolute Gasteiger partial charge is 0.329 e. The molecule has 0 aliphatic rings. The van der Waals surface area contributed by atoms with Gasteiger partial charge in [-0.15, -0.1) is 0 Å². The van der Waals surface area contributed by atoms with Crippen molar-refractivity contribution in [2.24, 2.45) is 0 Å². The highest BCUT2D eigenvalue weighted by Gasteiger charge is 2.25. The summed E-state index contributed by atoms with van der Waals surface area (Å²) in [4.78, 5) is 47.6. The third-order valence-electron chi connectivity index (χ3n) is 3.12. The largest absolute Gasteiger partial charge is 0.451 e. The molecule has 0 unspecified atom stereocenters. The second-order valence-corrected chi connectivity index (χ2v) is 6.83. The number of hydrogen-bond donors (Lipinski definition) is 3. The van der Waals surface area contributed by atoms with Crippen LogP contribution in [-0.2, 0) is 14.3 Å². The molecule has 0 fully saturated rings. The number of benzene rings is 1. The molecule has 0 radical (unpaired) electrons. The lowest BCUT2D eigenvalue weighted by atomic mass is 10.1. The Bertz CT molecular complexity index is 667. The van der Waals surface area contributed by atoms with Crippen LogP contribution in [0.15, 0.2) is 30.3 Å². The van der Waals surface area contributed by atoms with E-state index in [0.29, 0.717) is 5.56 Å². The fourth-order valence-electron chi connectivity index (χ4n) is 1.84. The normalized spacial score (nSPS) is 13.1. The molecule has 0 aromatic heterocycles. The van der Waals surface area contributed by atoms with Crippen molar-refractivity contribution < 1.29 is 23.9 Å². The number of ether oxygens (including phenoxy) is 1. The number of rotatable bonds is 5. The molecule has 8 heteroatoms. The molecule has 1 rings (SSSR count). The average Bonchev–Trinajstić information content (AvgIpc) is 2.53. The minimum absolute atomic E-state index is 0.400. The van der Waals surface area contributed by atoms with E-state index in [2.05, 4.69) is 16.0 Å². The van der Waals surface area contributed by atoms with E-state index in [9.17, 15) is 19.2 Å². The van der Waals surface area contributed by atoms with Gasteiger partial charge in [-0.2, -0.15) is 0 Å². The van der Waals surface area contributed by atoms with Crippen LogP contribution in [0.5, 0.6) is 0 Å². The van der Waals surface area contributed by atoms with E-state index >= 15 is 0 Å². The van der Waals surface area contributed by atoms with Crippen LogP contribution in [0.1, 0.15) is 45.0 Å². The van der Waals surface area contributed by atoms with E-state index in [1.165, 1.54) is 13.8 Å². The van der Waals surface area contributed by atoms with Crippen LogP contribution in [0.25, 0.3) is 0 Å². The summed E-state index contributed by atoms with van der Waals surface area (Å²) in [6.07, 6.45) is -1.19. The third kappa shape index (κ3) is 7.33. The standard InChI is InChI=1S/C18H25N3O5/c1-11(19-15(23)13-9-7-6-8-10-13)16(24)26-12(2)14(22)20-17(25)21-18(3,4)5/h6-12H,1-5H3,(H,19,23)(H2,20,21,22,25)/t11-,12-/m0/s1. The number of hydrogen-bond acceptors (Lipinski definition) is 5. The summed E-state index contributed by atoms with van der Waals surface area (Å²) in [6.45, 7) is 8.07. The highest BCUT2D eigenvalue weighted by Crippen LogP contribution is 2.02. The van der Waals surface area contributed by atoms with E-state index in [4.69, 9.17) is 4.74 Å². The molecule has 26 heavy (non-hydrogen) atoms. The SMILES string of the molecule is C[C@H](NC(=O)c1ccccc1)C(=O)O[C@@H](C)C(=O)NC(=O)NC(C)(C)C. The van der Waals surface area contributed by atoms with E-state index < -0.39 is 41.5 Å². The molecular formula is C18H25N3O5. The minimum Gasteiger partial charge on any atom is -0.451 e. The van der Waals surface area contributed by atoms with Crippen molar-refractivity contribution in [1.82, 2.24) is 16.0 Å². The number of urea groups is 1. The number of nitrogens with one attached hydrogen (secondary N) is 3. The minimum atomic E-state index is -1.19. The van der Waals surface area contributed by atoms with Crippen molar-refractivity contribution in [1.29, 1.82) is 0 Å². The first-order valence-electron chi connectivity index (χ1n) is 8.19. The van der Waals surface area contributed by atoms with Gasteiger partial charge in [0.05, 0.1) is 0 Å². The Balaban J connectivity index is 2.51. The maximum atomic E-state index is 12.0. The average molecular weight is 363 g/mol. The van der Waals surface area contributed by atoms with Crippen LogP contribution in [-0.4, -0.2) is 41.5 Å². The van der Waals surface area contributed by atoms with Crippen molar-refractivity contribution in [3.63, 3.8) is 0 Å². The lowest BCUT2D eigenvalue weighted by molar-refractivity contribution is -0.155. The van der Waals surface area contributed by atoms with Gasteiger partial charge in [-0.05, 0) is 46.8 Å². The highest BCUT2D eigenvalue weighted by atomic mass is 16.5. The quantitative estimate of drug-likeness (QED) is 0.684. The van der Waals surface area contributed by atoms with Gasteiger partial charge in [-0.3, -0.25) is 14.9 Å². The monoisotopic (exact) mass is 363 g/mol. The molecule has 0 bridgehead atoms. The maximum absolute atomic E-state index is 12.0. The molecule has 0 saturated heterocycles. The van der Waals surface area contributed by atoms with E-state index in [1.54, 1.807) is 51.1 Å². The van der Waals surface area contributed by atoms with E-state index in [-0.39, 0.29) is 0 Å². The zero-order valence-electron chi connectivity index (χ0n) is 15.6. The maximum Gasteiger partial charge on any atom is 0.329 e. The number of imide groups is 1. The van der Waals surface area contributed by atoms with Crippen LogP contribution in [0, 0.1) is 0 Å². The van der Waals surface area contributed by atoms with Gasteiger partial charge >= 0.3 is 12.0 Å². The van der Waals surface area contributed by atoms with Gasteiger partial charge in [0, 0.05) is 11.1 Å². The van der Waals surface area contributed by atoms with Gasteiger partial charge in [-0.1, -0.05) is 18.2 Å². The Kier molecular flexibility index (Phi) is 7.30. The molecule has 4 amide bonds. The predicted octanol–water partition coefficient (Wildman–Crippen LogP) is 1.36. The molecule has 8 nitrogen and oxygen atoms in total. The van der Waals surface area contributed by atoms with Crippen molar-refractivity contribution in [2.75, 3.05) is 0 Å². The van der Waals surface area contributed by atoms with Gasteiger partial charge in [0.1, 0.15) is 6.04 Å². The summed E-state index contributed by atoms with van der Waals surface area (Å²) in [5.74, 6) is -1.98. The van der Waals surface area contributed by atoms with E-state index in [1.807, 2.05) is 0 Å². The van der Waals surface area contributed by atoms with Gasteiger partial charge in [-0.25, -0.2) is 9.59 Å². The molecule has 1 aromatic rings. The summed E-state index contributed by atoms with van der Waals surface area (Å²) in [7, 11) is 0. The third-order valence-corrected chi connectivity index (χ3v) is 3.12. The van der Waals surface area contributed by atoms with Gasteiger partial charge in [0.15, 0.2) is 6.10 Å². The summed E-state index contributed by atoms with van der Waals surface area (Å²) in [6, 6.07) is 6.75. The summed E-state index contributed by atoms with van der Waals surface area (Å²) in [5, 5.41) is 7.14. The summed E-state index contributed by atoms with van der Waals surface area (Å²) < 4.78 is 5.00. The van der Waals surface area contributed by atoms with Crippen molar-refractivity contribution in [3.05, 3.63) is 35.9 Å². The lowest BCUT2D eigenvalue weighted by Gasteiger charge is -2.21. The molecule has 0 spiro atoms. The molecule has 0 aliphatic heterocycles. The zero-order chi connectivity index (χ0) is 19.9. The van der Waals surface area contributed by atoms with Crippen LogP contribution < -0.4 is 16.0 Å². The molecule has 1 aromatic carbocycles. The number of esters is 1. The van der Waals surface area contributed by atoms with E-state index in [0.717, 1.165) is 0 Å². The van der Waals surface area contributed by atoms with Crippen LogP contribution in [0.4, 0.5) is 4.79 Å². The molecule has 0 heterocycles.